The Morgan fingerprint density at radius 3 is 2.54 bits per heavy atom. The molecule has 3 rings (SSSR count). The summed E-state index contributed by atoms with van der Waals surface area (Å²) in [6.07, 6.45) is 3.72. The summed E-state index contributed by atoms with van der Waals surface area (Å²) in [7, 11) is 0. The van der Waals surface area contributed by atoms with Crippen LogP contribution in [0.5, 0.6) is 0 Å². The molecule has 2 aromatic carbocycles. The number of nitrogens with zero attached hydrogens (tertiary/aromatic N) is 2. The quantitative estimate of drug-likeness (QED) is 0.763. The van der Waals surface area contributed by atoms with Gasteiger partial charge in [-0.05, 0) is 49.2 Å². The number of benzene rings is 2. The lowest BCUT2D eigenvalue weighted by Crippen LogP contribution is -2.12. The zero-order valence-electron chi connectivity index (χ0n) is 13.6. The van der Waals surface area contributed by atoms with Crippen molar-refractivity contribution >= 4 is 23.2 Å². The molecule has 0 aliphatic rings. The van der Waals surface area contributed by atoms with Crippen molar-refractivity contribution in [3.05, 3.63) is 82.4 Å². The molecule has 0 aliphatic heterocycles. The normalized spacial score (nSPS) is 10.6. The monoisotopic (exact) mass is 339 g/mol. The van der Waals surface area contributed by atoms with Gasteiger partial charge in [-0.25, -0.2) is 4.98 Å². The van der Waals surface area contributed by atoms with Crippen molar-refractivity contribution in [1.82, 2.24) is 9.55 Å². The van der Waals surface area contributed by atoms with Crippen molar-refractivity contribution in [2.75, 3.05) is 5.32 Å². The molecule has 0 radical (unpaired) electrons. The van der Waals surface area contributed by atoms with E-state index < -0.39 is 0 Å². The van der Waals surface area contributed by atoms with Gasteiger partial charge in [0.25, 0.3) is 5.91 Å². The number of hydrogen-bond donors (Lipinski definition) is 1. The maximum Gasteiger partial charge on any atom is 0.255 e. The van der Waals surface area contributed by atoms with Crippen molar-refractivity contribution in [2.45, 2.75) is 20.4 Å². The topological polar surface area (TPSA) is 46.9 Å². The van der Waals surface area contributed by atoms with Gasteiger partial charge in [0.15, 0.2) is 0 Å². The maximum absolute atomic E-state index is 12.3. The molecule has 24 heavy (non-hydrogen) atoms. The number of aromatic nitrogens is 2. The number of rotatable bonds is 4. The SMILES string of the molecule is Cc1ccc(NC(=O)c2ccc(Cn3ccnc3C)cc2)cc1Cl. The predicted octanol–water partition coefficient (Wildman–Crippen LogP) is 4.45. The van der Waals surface area contributed by atoms with Crippen molar-refractivity contribution < 1.29 is 4.79 Å². The van der Waals surface area contributed by atoms with Gasteiger partial charge in [-0.15, -0.1) is 0 Å². The van der Waals surface area contributed by atoms with Crippen LogP contribution in [-0.2, 0) is 6.54 Å². The van der Waals surface area contributed by atoms with Crippen LogP contribution in [0.1, 0.15) is 27.3 Å². The number of carbonyl (C=O) groups excluding carboxylic acids is 1. The van der Waals surface area contributed by atoms with Gasteiger partial charge < -0.3 is 9.88 Å². The van der Waals surface area contributed by atoms with Crippen LogP contribution in [0.15, 0.2) is 54.9 Å². The predicted molar refractivity (Wildman–Crippen MR) is 96.7 cm³/mol. The van der Waals surface area contributed by atoms with Gasteiger partial charge in [0.2, 0.25) is 0 Å². The first kappa shape index (κ1) is 16.3. The Kier molecular flexibility index (Phi) is 4.67. The molecule has 3 aromatic rings. The number of amides is 1. The van der Waals surface area contributed by atoms with Crippen molar-refractivity contribution in [2.24, 2.45) is 0 Å². The van der Waals surface area contributed by atoms with E-state index in [-0.39, 0.29) is 5.91 Å². The number of anilines is 1. The van der Waals surface area contributed by atoms with Gasteiger partial charge in [-0.1, -0.05) is 29.8 Å². The highest BCUT2D eigenvalue weighted by molar-refractivity contribution is 6.31. The Bertz CT molecular complexity index is 869. The first-order chi connectivity index (χ1) is 11.5. The van der Waals surface area contributed by atoms with Crippen molar-refractivity contribution in [3.63, 3.8) is 0 Å². The molecule has 0 unspecified atom stereocenters. The van der Waals surface area contributed by atoms with E-state index >= 15 is 0 Å². The Hall–Kier alpha value is -2.59. The lowest BCUT2D eigenvalue weighted by atomic mass is 10.1. The van der Waals surface area contributed by atoms with Crippen LogP contribution in [0.4, 0.5) is 5.69 Å². The number of imidazole rings is 1. The van der Waals surface area contributed by atoms with E-state index in [4.69, 9.17) is 11.6 Å². The molecular formula is C19H18ClN3O. The molecule has 0 aliphatic carbocycles. The van der Waals surface area contributed by atoms with Crippen LogP contribution < -0.4 is 5.32 Å². The molecule has 1 amide bonds. The minimum Gasteiger partial charge on any atom is -0.331 e. The first-order valence-corrected chi connectivity index (χ1v) is 8.05. The van der Waals surface area contributed by atoms with Gasteiger partial charge in [0.05, 0.1) is 0 Å². The summed E-state index contributed by atoms with van der Waals surface area (Å²) < 4.78 is 2.06. The molecule has 122 valence electrons. The van der Waals surface area contributed by atoms with Crippen molar-refractivity contribution in [3.8, 4) is 0 Å². The summed E-state index contributed by atoms with van der Waals surface area (Å²) in [6, 6.07) is 13.0. The minimum absolute atomic E-state index is 0.153. The molecule has 0 spiro atoms. The molecule has 5 heteroatoms. The average Bonchev–Trinajstić information content (AvgIpc) is 2.97. The van der Waals surface area contributed by atoms with Gasteiger partial charge >= 0.3 is 0 Å². The summed E-state index contributed by atoms with van der Waals surface area (Å²) in [5.74, 6) is 0.813. The lowest BCUT2D eigenvalue weighted by molar-refractivity contribution is 0.102. The van der Waals surface area contributed by atoms with Gasteiger partial charge in [0.1, 0.15) is 5.82 Å². The van der Waals surface area contributed by atoms with Gasteiger partial charge in [-0.2, -0.15) is 0 Å². The fourth-order valence-electron chi connectivity index (χ4n) is 2.40. The molecule has 1 aromatic heterocycles. The standard InChI is InChI=1S/C19H18ClN3O/c1-13-3-8-17(11-18(13)20)22-19(24)16-6-4-15(5-7-16)12-23-10-9-21-14(23)2/h3-11H,12H2,1-2H3,(H,22,24). The minimum atomic E-state index is -0.153. The average molecular weight is 340 g/mol. The van der Waals surface area contributed by atoms with E-state index in [9.17, 15) is 4.79 Å². The van der Waals surface area contributed by atoms with Crippen LogP contribution in [0.25, 0.3) is 0 Å². The molecule has 1 N–H and O–H groups in total. The highest BCUT2D eigenvalue weighted by atomic mass is 35.5. The van der Waals surface area contributed by atoms with E-state index in [2.05, 4.69) is 14.9 Å². The lowest BCUT2D eigenvalue weighted by Gasteiger charge is -2.09. The van der Waals surface area contributed by atoms with Gasteiger partial charge in [0, 0.05) is 35.2 Å². The summed E-state index contributed by atoms with van der Waals surface area (Å²) in [6.45, 7) is 4.63. The summed E-state index contributed by atoms with van der Waals surface area (Å²) >= 11 is 6.09. The second kappa shape index (κ2) is 6.89. The van der Waals surface area contributed by atoms with E-state index in [1.165, 1.54) is 0 Å². The highest BCUT2D eigenvalue weighted by Gasteiger charge is 2.07. The zero-order chi connectivity index (χ0) is 17.1. The molecule has 0 atom stereocenters. The van der Waals surface area contributed by atoms with E-state index in [1.807, 2.05) is 56.4 Å². The Morgan fingerprint density at radius 1 is 1.17 bits per heavy atom. The van der Waals surface area contributed by atoms with E-state index in [1.54, 1.807) is 12.3 Å². The third-order valence-electron chi connectivity index (χ3n) is 3.92. The number of aryl methyl sites for hydroxylation is 2. The fraction of sp³-hybridized carbons (Fsp3) is 0.158. The summed E-state index contributed by atoms with van der Waals surface area (Å²) in [5.41, 5.74) is 3.39. The Morgan fingerprint density at radius 2 is 1.92 bits per heavy atom. The largest absolute Gasteiger partial charge is 0.331 e. The van der Waals surface area contributed by atoms with Crippen LogP contribution in [0.3, 0.4) is 0 Å². The number of hydrogen-bond acceptors (Lipinski definition) is 2. The van der Waals surface area contributed by atoms with E-state index in [0.29, 0.717) is 16.3 Å². The Balaban J connectivity index is 1.69. The molecule has 0 fully saturated rings. The van der Waals surface area contributed by atoms with Crippen LogP contribution in [0.2, 0.25) is 5.02 Å². The van der Waals surface area contributed by atoms with Gasteiger partial charge in [-0.3, -0.25) is 4.79 Å². The molecule has 0 bridgehead atoms. The van der Waals surface area contributed by atoms with Crippen LogP contribution in [-0.4, -0.2) is 15.5 Å². The number of halogens is 1. The first-order valence-electron chi connectivity index (χ1n) is 7.67. The maximum atomic E-state index is 12.3. The third-order valence-corrected chi connectivity index (χ3v) is 4.33. The smallest absolute Gasteiger partial charge is 0.255 e. The molecule has 4 nitrogen and oxygen atoms in total. The van der Waals surface area contributed by atoms with Crippen molar-refractivity contribution in [1.29, 1.82) is 0 Å². The highest BCUT2D eigenvalue weighted by Crippen LogP contribution is 2.20. The second-order valence-electron chi connectivity index (χ2n) is 5.72. The Labute approximate surface area is 146 Å². The fourth-order valence-corrected chi connectivity index (χ4v) is 2.58. The molecule has 0 saturated carbocycles. The number of nitrogens with one attached hydrogen (secondary N) is 1. The zero-order valence-corrected chi connectivity index (χ0v) is 14.3. The molecule has 0 saturated heterocycles. The van der Waals surface area contributed by atoms with E-state index in [0.717, 1.165) is 23.5 Å². The number of carbonyl (C=O) groups is 1. The summed E-state index contributed by atoms with van der Waals surface area (Å²) in [5, 5.41) is 3.50. The van der Waals surface area contributed by atoms with Crippen LogP contribution >= 0.6 is 11.6 Å². The molecule has 1 heterocycles. The molecular weight excluding hydrogens is 322 g/mol. The van der Waals surface area contributed by atoms with Crippen LogP contribution in [0, 0.1) is 13.8 Å². The third kappa shape index (κ3) is 3.66. The second-order valence-corrected chi connectivity index (χ2v) is 6.12. The summed E-state index contributed by atoms with van der Waals surface area (Å²) in [4.78, 5) is 16.5.